The van der Waals surface area contributed by atoms with Gasteiger partial charge in [-0.1, -0.05) is 12.1 Å². The minimum atomic E-state index is -0.137. The van der Waals surface area contributed by atoms with E-state index in [0.29, 0.717) is 4.91 Å². The summed E-state index contributed by atoms with van der Waals surface area (Å²) >= 11 is 1.48. The number of carbonyl (C=O) groups is 1. The second-order valence-electron chi connectivity index (χ2n) is 5.53. The molecule has 0 unspecified atom stereocenters. The summed E-state index contributed by atoms with van der Waals surface area (Å²) < 4.78 is 5.14. The number of rotatable bonds is 2. The second kappa shape index (κ2) is 6.54. The number of hydrogen-bond donors (Lipinski definition) is 1. The van der Waals surface area contributed by atoms with Crippen molar-refractivity contribution in [2.75, 3.05) is 40.3 Å². The van der Waals surface area contributed by atoms with Crippen LogP contribution in [0, 0.1) is 0 Å². The van der Waals surface area contributed by atoms with Crippen molar-refractivity contribution in [3.63, 3.8) is 0 Å². The second-order valence-corrected chi connectivity index (χ2v) is 6.54. The van der Waals surface area contributed by atoms with E-state index in [1.54, 1.807) is 7.11 Å². The van der Waals surface area contributed by atoms with E-state index in [-0.39, 0.29) is 5.91 Å². The minimum absolute atomic E-state index is 0.137. The molecule has 0 radical (unpaired) electrons. The summed E-state index contributed by atoms with van der Waals surface area (Å²) in [4.78, 5) is 20.7. The van der Waals surface area contributed by atoms with Gasteiger partial charge >= 0.3 is 0 Å². The maximum atomic E-state index is 12.1. The van der Waals surface area contributed by atoms with Gasteiger partial charge in [-0.05, 0) is 35.5 Å². The Labute approximate surface area is 134 Å². The van der Waals surface area contributed by atoms with Gasteiger partial charge in [-0.15, -0.1) is 0 Å². The summed E-state index contributed by atoms with van der Waals surface area (Å²) in [7, 11) is 3.84. The number of aliphatic imine (C=N–C) groups is 1. The van der Waals surface area contributed by atoms with Crippen molar-refractivity contribution in [2.24, 2.45) is 4.99 Å². The Morgan fingerprint density at radius 1 is 1.27 bits per heavy atom. The zero-order chi connectivity index (χ0) is 15.5. The number of nitrogens with one attached hydrogen (secondary N) is 1. The third-order valence-corrected chi connectivity index (χ3v) is 4.95. The average Bonchev–Trinajstić information content (AvgIpc) is 2.90. The highest BCUT2D eigenvalue weighted by atomic mass is 32.2. The monoisotopic (exact) mass is 318 g/mol. The SMILES string of the molecule is COc1ccc(/C=C2\SC(N3CC[NH+](C)CC3)=NC2=O)cc1. The number of benzene rings is 1. The van der Waals surface area contributed by atoms with E-state index >= 15 is 0 Å². The van der Waals surface area contributed by atoms with Crippen LogP contribution in [0.5, 0.6) is 5.75 Å². The number of quaternary nitrogens is 1. The molecule has 22 heavy (non-hydrogen) atoms. The molecular weight excluding hydrogens is 298 g/mol. The molecule has 1 fully saturated rings. The molecule has 1 saturated heterocycles. The molecule has 1 aromatic rings. The number of amidine groups is 1. The third kappa shape index (κ3) is 3.34. The normalized spacial score (nSPS) is 21.4. The highest BCUT2D eigenvalue weighted by molar-refractivity contribution is 8.18. The Hall–Kier alpha value is -1.79. The van der Waals surface area contributed by atoms with Crippen LogP contribution in [0.2, 0.25) is 0 Å². The van der Waals surface area contributed by atoms with Crippen molar-refractivity contribution in [2.45, 2.75) is 0 Å². The van der Waals surface area contributed by atoms with E-state index in [1.165, 1.54) is 16.7 Å². The summed E-state index contributed by atoms with van der Waals surface area (Å²) in [5.74, 6) is 0.673. The molecule has 0 bridgehead atoms. The number of amides is 1. The van der Waals surface area contributed by atoms with Gasteiger partial charge in [0, 0.05) is 0 Å². The first-order valence-electron chi connectivity index (χ1n) is 7.38. The first kappa shape index (κ1) is 15.1. The molecule has 2 aliphatic rings. The molecule has 0 atom stereocenters. The van der Waals surface area contributed by atoms with Crippen molar-refractivity contribution in [1.29, 1.82) is 0 Å². The number of thioether (sulfide) groups is 1. The Bertz CT molecular complexity index is 617. The fourth-order valence-corrected chi connectivity index (χ4v) is 3.43. The largest absolute Gasteiger partial charge is 0.497 e. The summed E-state index contributed by atoms with van der Waals surface area (Å²) in [5.41, 5.74) is 0.982. The summed E-state index contributed by atoms with van der Waals surface area (Å²) in [6.45, 7) is 4.10. The topological polar surface area (TPSA) is 46.3 Å². The lowest BCUT2D eigenvalue weighted by Crippen LogP contribution is -3.12. The molecule has 2 aliphatic heterocycles. The molecule has 0 spiro atoms. The van der Waals surface area contributed by atoms with Crippen LogP contribution in [0.25, 0.3) is 6.08 Å². The lowest BCUT2D eigenvalue weighted by molar-refractivity contribution is -0.883. The standard InChI is InChI=1S/C16H19N3O2S/c1-18-7-9-19(10-8-18)16-17-15(20)14(22-16)11-12-3-5-13(21-2)6-4-12/h3-6,11H,7-10H2,1-2H3/p+1/b14-11-. The van der Waals surface area contributed by atoms with Gasteiger partial charge in [-0.3, -0.25) is 4.79 Å². The molecule has 0 aromatic heterocycles. The average molecular weight is 318 g/mol. The molecule has 116 valence electrons. The van der Waals surface area contributed by atoms with Crippen LogP contribution in [0.4, 0.5) is 0 Å². The van der Waals surface area contributed by atoms with Crippen molar-refractivity contribution >= 4 is 28.9 Å². The number of hydrogen-bond acceptors (Lipinski definition) is 4. The third-order valence-electron chi connectivity index (χ3n) is 3.91. The highest BCUT2D eigenvalue weighted by Gasteiger charge is 2.28. The van der Waals surface area contributed by atoms with Crippen LogP contribution >= 0.6 is 11.8 Å². The van der Waals surface area contributed by atoms with Crippen LogP contribution in [0.15, 0.2) is 34.2 Å². The first-order chi connectivity index (χ1) is 10.7. The molecule has 0 saturated carbocycles. The molecule has 2 heterocycles. The number of nitrogens with zero attached hydrogens (tertiary/aromatic N) is 2. The lowest BCUT2D eigenvalue weighted by Gasteiger charge is -2.30. The fraction of sp³-hybridized carbons (Fsp3) is 0.375. The van der Waals surface area contributed by atoms with Crippen LogP contribution < -0.4 is 9.64 Å². The summed E-state index contributed by atoms with van der Waals surface area (Å²) in [6, 6.07) is 7.66. The first-order valence-corrected chi connectivity index (χ1v) is 8.20. The van der Waals surface area contributed by atoms with E-state index < -0.39 is 0 Å². The zero-order valence-electron chi connectivity index (χ0n) is 12.8. The number of piperazine rings is 1. The Kier molecular flexibility index (Phi) is 4.49. The fourth-order valence-electron chi connectivity index (χ4n) is 2.46. The van der Waals surface area contributed by atoms with Gasteiger partial charge in [0.15, 0.2) is 5.17 Å². The van der Waals surface area contributed by atoms with Crippen molar-refractivity contribution < 1.29 is 14.4 Å². The Morgan fingerprint density at radius 2 is 1.95 bits per heavy atom. The van der Waals surface area contributed by atoms with Gasteiger partial charge in [-0.2, -0.15) is 4.99 Å². The summed E-state index contributed by atoms with van der Waals surface area (Å²) in [6.07, 6.45) is 1.89. The predicted octanol–water partition coefficient (Wildman–Crippen LogP) is 0.496. The quantitative estimate of drug-likeness (QED) is 0.807. The van der Waals surface area contributed by atoms with E-state index in [2.05, 4.69) is 16.9 Å². The van der Waals surface area contributed by atoms with Gasteiger partial charge in [0.2, 0.25) is 0 Å². The smallest absolute Gasteiger partial charge is 0.286 e. The van der Waals surface area contributed by atoms with Gasteiger partial charge in [0.25, 0.3) is 5.91 Å². The molecule has 3 rings (SSSR count). The van der Waals surface area contributed by atoms with Gasteiger partial charge in [0.1, 0.15) is 5.75 Å². The lowest BCUT2D eigenvalue weighted by atomic mass is 10.2. The van der Waals surface area contributed by atoms with E-state index in [9.17, 15) is 4.79 Å². The predicted molar refractivity (Wildman–Crippen MR) is 89.2 cm³/mol. The molecule has 6 heteroatoms. The van der Waals surface area contributed by atoms with E-state index in [4.69, 9.17) is 4.74 Å². The molecule has 1 N–H and O–H groups in total. The molecule has 0 aliphatic carbocycles. The Morgan fingerprint density at radius 3 is 2.59 bits per heavy atom. The van der Waals surface area contributed by atoms with E-state index in [0.717, 1.165) is 42.7 Å². The van der Waals surface area contributed by atoms with Crippen molar-refractivity contribution in [3.05, 3.63) is 34.7 Å². The van der Waals surface area contributed by atoms with Crippen LogP contribution in [0.1, 0.15) is 5.56 Å². The number of methoxy groups -OCH3 is 1. The molecular formula is C16H20N3O2S+. The minimum Gasteiger partial charge on any atom is -0.497 e. The Balaban J connectivity index is 1.69. The van der Waals surface area contributed by atoms with Crippen molar-refractivity contribution in [1.82, 2.24) is 4.90 Å². The highest BCUT2D eigenvalue weighted by Crippen LogP contribution is 2.30. The maximum Gasteiger partial charge on any atom is 0.286 e. The molecule has 5 nitrogen and oxygen atoms in total. The van der Waals surface area contributed by atoms with Gasteiger partial charge in [-0.25, -0.2) is 0 Å². The van der Waals surface area contributed by atoms with Crippen LogP contribution in [0.3, 0.4) is 0 Å². The van der Waals surface area contributed by atoms with Gasteiger partial charge < -0.3 is 14.5 Å². The van der Waals surface area contributed by atoms with Gasteiger partial charge in [0.05, 0.1) is 45.2 Å². The molecule has 1 aromatic carbocycles. The van der Waals surface area contributed by atoms with Crippen LogP contribution in [-0.4, -0.2) is 56.3 Å². The zero-order valence-corrected chi connectivity index (χ0v) is 13.7. The number of ether oxygens (including phenoxy) is 1. The summed E-state index contributed by atoms with van der Waals surface area (Å²) in [5, 5.41) is 0.845. The van der Waals surface area contributed by atoms with Crippen LogP contribution in [-0.2, 0) is 4.79 Å². The number of carbonyl (C=O) groups excluding carboxylic acids is 1. The van der Waals surface area contributed by atoms with E-state index in [1.807, 2.05) is 30.3 Å². The maximum absolute atomic E-state index is 12.1. The molecule has 1 amide bonds. The number of likely N-dealkylation sites (N-methyl/N-ethyl adjacent to an activating group) is 1. The van der Waals surface area contributed by atoms with Crippen molar-refractivity contribution in [3.8, 4) is 5.75 Å².